The van der Waals surface area contributed by atoms with E-state index in [0.29, 0.717) is 39.9 Å². The van der Waals surface area contributed by atoms with Crippen LogP contribution in [0.5, 0.6) is 11.5 Å². The first-order valence-electron chi connectivity index (χ1n) is 11.0. The molecule has 0 bridgehead atoms. The van der Waals surface area contributed by atoms with Crippen LogP contribution in [-0.4, -0.2) is 35.1 Å². The summed E-state index contributed by atoms with van der Waals surface area (Å²) >= 11 is 12.8. The minimum atomic E-state index is -0.652. The Labute approximate surface area is 205 Å². The molecule has 3 rings (SSSR count). The Morgan fingerprint density at radius 2 is 1.76 bits per heavy atom. The zero-order valence-corrected chi connectivity index (χ0v) is 20.9. The van der Waals surface area contributed by atoms with E-state index in [1.54, 1.807) is 23.1 Å². The van der Waals surface area contributed by atoms with Gasteiger partial charge in [-0.2, -0.15) is 0 Å². The number of benzene rings is 2. The standard InChI is InChI=1S/C25H30Cl2N2O4/c1-5-20(24(31)28-25(2,3)4)29(14-17-18(26)7-6-8-19(17)27)23(30)12-10-16-9-11-21-22(13-16)33-15-32-21/h6-9,11,13,20H,5,10,12,14-15H2,1-4H3,(H,28,31)/t20-/m1/s1. The second-order valence-electron chi connectivity index (χ2n) is 9.07. The van der Waals surface area contributed by atoms with E-state index in [4.69, 9.17) is 32.7 Å². The van der Waals surface area contributed by atoms with Crippen molar-refractivity contribution in [1.82, 2.24) is 10.2 Å². The number of nitrogens with one attached hydrogen (secondary N) is 1. The molecule has 1 atom stereocenters. The zero-order valence-electron chi connectivity index (χ0n) is 19.4. The third-order valence-electron chi connectivity index (χ3n) is 5.34. The molecule has 0 radical (unpaired) electrons. The van der Waals surface area contributed by atoms with Crippen LogP contribution < -0.4 is 14.8 Å². The van der Waals surface area contributed by atoms with Crippen molar-refractivity contribution in [3.63, 3.8) is 0 Å². The smallest absolute Gasteiger partial charge is 0.243 e. The molecule has 0 aromatic heterocycles. The Kier molecular flexibility index (Phi) is 8.14. The SMILES string of the molecule is CC[C@H](C(=O)NC(C)(C)C)N(Cc1c(Cl)cccc1Cl)C(=O)CCc1ccc2c(c1)OCO2. The highest BCUT2D eigenvalue weighted by molar-refractivity contribution is 6.36. The summed E-state index contributed by atoms with van der Waals surface area (Å²) in [6.45, 7) is 7.97. The number of fused-ring (bicyclic) bond motifs is 1. The molecular weight excluding hydrogens is 463 g/mol. The Bertz CT molecular complexity index is 1000. The zero-order chi connectivity index (χ0) is 24.2. The topological polar surface area (TPSA) is 67.9 Å². The van der Waals surface area contributed by atoms with Crippen molar-refractivity contribution in [2.24, 2.45) is 0 Å². The molecule has 1 heterocycles. The van der Waals surface area contributed by atoms with E-state index in [1.165, 1.54) is 0 Å². The second kappa shape index (κ2) is 10.7. The van der Waals surface area contributed by atoms with Gasteiger partial charge in [-0.05, 0) is 63.4 Å². The highest BCUT2D eigenvalue weighted by Crippen LogP contribution is 2.33. The molecule has 0 saturated heterocycles. The second-order valence-corrected chi connectivity index (χ2v) is 9.89. The van der Waals surface area contributed by atoms with Crippen LogP contribution in [0.15, 0.2) is 36.4 Å². The summed E-state index contributed by atoms with van der Waals surface area (Å²) in [6, 6.07) is 10.2. The van der Waals surface area contributed by atoms with Crippen molar-refractivity contribution < 1.29 is 19.1 Å². The summed E-state index contributed by atoms with van der Waals surface area (Å²) in [4.78, 5) is 28.1. The molecule has 0 saturated carbocycles. The molecular formula is C25H30Cl2N2O4. The van der Waals surface area contributed by atoms with Crippen molar-refractivity contribution >= 4 is 35.0 Å². The molecule has 2 amide bonds. The van der Waals surface area contributed by atoms with E-state index >= 15 is 0 Å². The Balaban J connectivity index is 1.83. The predicted molar refractivity (Wildman–Crippen MR) is 130 cm³/mol. The van der Waals surface area contributed by atoms with Gasteiger partial charge in [0.1, 0.15) is 6.04 Å². The molecule has 2 aromatic rings. The predicted octanol–water partition coefficient (Wildman–Crippen LogP) is 5.38. The van der Waals surface area contributed by atoms with Crippen LogP contribution >= 0.6 is 23.2 Å². The molecule has 1 aliphatic rings. The summed E-state index contributed by atoms with van der Waals surface area (Å²) < 4.78 is 10.8. The van der Waals surface area contributed by atoms with Gasteiger partial charge >= 0.3 is 0 Å². The van der Waals surface area contributed by atoms with Gasteiger partial charge in [0.2, 0.25) is 18.6 Å². The van der Waals surface area contributed by atoms with Crippen LogP contribution in [0.4, 0.5) is 0 Å². The number of aryl methyl sites for hydroxylation is 1. The van der Waals surface area contributed by atoms with Gasteiger partial charge in [0.25, 0.3) is 0 Å². The van der Waals surface area contributed by atoms with Gasteiger partial charge in [-0.1, -0.05) is 42.3 Å². The summed E-state index contributed by atoms with van der Waals surface area (Å²) in [5, 5.41) is 3.91. The van der Waals surface area contributed by atoms with Crippen molar-refractivity contribution in [3.8, 4) is 11.5 Å². The third kappa shape index (κ3) is 6.55. The molecule has 0 spiro atoms. The lowest BCUT2D eigenvalue weighted by atomic mass is 10.0. The summed E-state index contributed by atoms with van der Waals surface area (Å²) in [5.41, 5.74) is 1.16. The normalized spacial score (nSPS) is 13.5. The van der Waals surface area contributed by atoms with Gasteiger partial charge in [0, 0.05) is 34.1 Å². The first kappa shape index (κ1) is 25.2. The molecule has 0 aliphatic carbocycles. The number of hydrogen-bond donors (Lipinski definition) is 1. The van der Waals surface area contributed by atoms with E-state index < -0.39 is 11.6 Å². The van der Waals surface area contributed by atoms with Gasteiger partial charge in [-0.15, -0.1) is 0 Å². The maximum Gasteiger partial charge on any atom is 0.243 e. The van der Waals surface area contributed by atoms with Crippen molar-refractivity contribution in [2.45, 2.75) is 65.1 Å². The van der Waals surface area contributed by atoms with Crippen LogP contribution in [0.1, 0.15) is 51.7 Å². The summed E-state index contributed by atoms with van der Waals surface area (Å²) in [5.74, 6) is 1.02. The van der Waals surface area contributed by atoms with E-state index in [1.807, 2.05) is 45.9 Å². The quantitative estimate of drug-likeness (QED) is 0.537. The van der Waals surface area contributed by atoms with Crippen LogP contribution in [0.25, 0.3) is 0 Å². The summed E-state index contributed by atoms with van der Waals surface area (Å²) in [7, 11) is 0. The van der Waals surface area contributed by atoms with Gasteiger partial charge in [0.15, 0.2) is 11.5 Å². The lowest BCUT2D eigenvalue weighted by molar-refractivity contribution is -0.142. The number of nitrogens with zero attached hydrogens (tertiary/aromatic N) is 1. The first-order chi connectivity index (χ1) is 15.6. The van der Waals surface area contributed by atoms with Gasteiger partial charge in [-0.3, -0.25) is 9.59 Å². The van der Waals surface area contributed by atoms with Crippen LogP contribution in [0.3, 0.4) is 0 Å². The number of carbonyl (C=O) groups excluding carboxylic acids is 2. The van der Waals surface area contributed by atoms with Crippen LogP contribution in [0.2, 0.25) is 10.0 Å². The average Bonchev–Trinajstić information content (AvgIpc) is 3.20. The van der Waals surface area contributed by atoms with E-state index in [9.17, 15) is 9.59 Å². The Morgan fingerprint density at radius 1 is 1.09 bits per heavy atom. The van der Waals surface area contributed by atoms with Crippen LogP contribution in [-0.2, 0) is 22.6 Å². The van der Waals surface area contributed by atoms with E-state index in [0.717, 1.165) is 5.56 Å². The molecule has 1 aliphatic heterocycles. The van der Waals surface area contributed by atoms with Gasteiger partial charge in [0.05, 0.1) is 0 Å². The minimum absolute atomic E-state index is 0.147. The highest BCUT2D eigenvalue weighted by Gasteiger charge is 2.31. The summed E-state index contributed by atoms with van der Waals surface area (Å²) in [6.07, 6.45) is 1.18. The lowest BCUT2D eigenvalue weighted by Gasteiger charge is -2.33. The average molecular weight is 493 g/mol. The molecule has 8 heteroatoms. The number of carbonyl (C=O) groups is 2. The van der Waals surface area contributed by atoms with E-state index in [2.05, 4.69) is 5.32 Å². The number of amides is 2. The Hall–Kier alpha value is -2.44. The minimum Gasteiger partial charge on any atom is -0.454 e. The van der Waals surface area contributed by atoms with Gasteiger partial charge < -0.3 is 19.7 Å². The first-order valence-corrected chi connectivity index (χ1v) is 11.8. The largest absolute Gasteiger partial charge is 0.454 e. The molecule has 178 valence electrons. The number of ether oxygens (including phenoxy) is 2. The van der Waals surface area contributed by atoms with Crippen molar-refractivity contribution in [1.29, 1.82) is 0 Å². The van der Waals surface area contributed by atoms with Gasteiger partial charge in [-0.25, -0.2) is 0 Å². The molecule has 0 unspecified atom stereocenters. The lowest BCUT2D eigenvalue weighted by Crippen LogP contribution is -2.53. The monoisotopic (exact) mass is 492 g/mol. The maximum absolute atomic E-state index is 13.5. The fraction of sp³-hybridized carbons (Fsp3) is 0.440. The maximum atomic E-state index is 13.5. The molecule has 6 nitrogen and oxygen atoms in total. The van der Waals surface area contributed by atoms with Crippen LogP contribution in [0, 0.1) is 0 Å². The number of rotatable bonds is 8. The molecule has 33 heavy (non-hydrogen) atoms. The molecule has 0 fully saturated rings. The molecule has 2 aromatic carbocycles. The van der Waals surface area contributed by atoms with Crippen molar-refractivity contribution in [2.75, 3.05) is 6.79 Å². The third-order valence-corrected chi connectivity index (χ3v) is 6.05. The fourth-order valence-corrected chi connectivity index (χ4v) is 4.23. The highest BCUT2D eigenvalue weighted by atomic mass is 35.5. The van der Waals surface area contributed by atoms with E-state index in [-0.39, 0.29) is 31.6 Å². The Morgan fingerprint density at radius 3 is 2.39 bits per heavy atom. The fourth-order valence-electron chi connectivity index (χ4n) is 3.72. The van der Waals surface area contributed by atoms with Crippen molar-refractivity contribution in [3.05, 3.63) is 57.6 Å². The molecule has 1 N–H and O–H groups in total. The number of hydrogen-bond acceptors (Lipinski definition) is 4. The number of halogens is 2.